The van der Waals surface area contributed by atoms with Crippen LogP contribution in [-0.2, 0) is 13.1 Å². The Labute approximate surface area is 140 Å². The van der Waals surface area contributed by atoms with E-state index in [1.165, 1.54) is 15.3 Å². The van der Waals surface area contributed by atoms with E-state index in [0.717, 1.165) is 39.1 Å². The molecule has 1 atom stereocenters. The van der Waals surface area contributed by atoms with Gasteiger partial charge in [0.15, 0.2) is 0 Å². The Bertz CT molecular complexity index is 567. The van der Waals surface area contributed by atoms with Crippen LogP contribution in [0.15, 0.2) is 29.0 Å². The van der Waals surface area contributed by atoms with Gasteiger partial charge in [0.2, 0.25) is 0 Å². The summed E-state index contributed by atoms with van der Waals surface area (Å²) in [6.45, 7) is 7.81. The van der Waals surface area contributed by atoms with Crippen LogP contribution in [0.25, 0.3) is 0 Å². The molecular weight excluding hydrogens is 312 g/mol. The van der Waals surface area contributed by atoms with E-state index in [2.05, 4.69) is 45.7 Å². The highest BCUT2D eigenvalue weighted by atomic mass is 32.1. The topological polar surface area (TPSA) is 26.7 Å². The van der Waals surface area contributed by atoms with Crippen molar-refractivity contribution in [1.29, 1.82) is 0 Å². The van der Waals surface area contributed by atoms with Gasteiger partial charge in [0.1, 0.15) is 0 Å². The van der Waals surface area contributed by atoms with E-state index >= 15 is 0 Å². The number of thiophene rings is 2. The summed E-state index contributed by atoms with van der Waals surface area (Å²) in [5.41, 5.74) is 1.41. The van der Waals surface area contributed by atoms with Crippen molar-refractivity contribution in [3.05, 3.63) is 44.3 Å². The van der Waals surface area contributed by atoms with Crippen molar-refractivity contribution in [2.45, 2.75) is 32.5 Å². The van der Waals surface area contributed by atoms with Crippen LogP contribution in [0.4, 0.5) is 0 Å². The number of aliphatic hydroxyl groups is 1. The minimum absolute atomic E-state index is 0.275. The second-order valence-electron chi connectivity index (χ2n) is 5.98. The van der Waals surface area contributed by atoms with Crippen LogP contribution in [0.2, 0.25) is 0 Å². The Kier molecular flexibility index (Phi) is 5.66. The van der Waals surface area contributed by atoms with E-state index in [1.807, 2.05) is 22.7 Å². The second kappa shape index (κ2) is 7.70. The first kappa shape index (κ1) is 16.1. The van der Waals surface area contributed by atoms with Crippen LogP contribution in [0.5, 0.6) is 0 Å². The zero-order chi connectivity index (χ0) is 15.4. The van der Waals surface area contributed by atoms with Crippen LogP contribution < -0.4 is 0 Å². The van der Waals surface area contributed by atoms with E-state index in [9.17, 15) is 5.11 Å². The highest BCUT2D eigenvalue weighted by Crippen LogP contribution is 2.23. The predicted molar refractivity (Wildman–Crippen MR) is 94.6 cm³/mol. The number of hydrogen-bond donors (Lipinski definition) is 1. The first-order valence-electron chi connectivity index (χ1n) is 7.89. The molecule has 0 aromatic carbocycles. The lowest BCUT2D eigenvalue weighted by atomic mass is 10.1. The van der Waals surface area contributed by atoms with Crippen molar-refractivity contribution in [1.82, 2.24) is 9.80 Å². The van der Waals surface area contributed by atoms with Crippen LogP contribution >= 0.6 is 22.7 Å². The molecule has 0 saturated carbocycles. The average molecular weight is 337 g/mol. The van der Waals surface area contributed by atoms with Gasteiger partial charge in [-0.2, -0.15) is 0 Å². The third kappa shape index (κ3) is 3.97. The number of piperazine rings is 1. The van der Waals surface area contributed by atoms with Crippen LogP contribution in [0.1, 0.15) is 21.7 Å². The Morgan fingerprint density at radius 3 is 2.77 bits per heavy atom. The van der Waals surface area contributed by atoms with Gasteiger partial charge in [0, 0.05) is 55.1 Å². The highest BCUT2D eigenvalue weighted by Gasteiger charge is 2.27. The van der Waals surface area contributed by atoms with Gasteiger partial charge >= 0.3 is 0 Å². The molecular formula is C17H24N2OS2. The summed E-state index contributed by atoms with van der Waals surface area (Å²) in [5, 5.41) is 13.7. The molecule has 0 bridgehead atoms. The molecule has 1 saturated heterocycles. The first-order chi connectivity index (χ1) is 10.8. The Morgan fingerprint density at radius 2 is 2.09 bits per heavy atom. The quantitative estimate of drug-likeness (QED) is 0.878. The number of hydrogen-bond acceptors (Lipinski definition) is 5. The molecule has 5 heteroatoms. The first-order valence-corrected chi connectivity index (χ1v) is 9.65. The van der Waals surface area contributed by atoms with Crippen molar-refractivity contribution in [3.8, 4) is 0 Å². The van der Waals surface area contributed by atoms with E-state index in [-0.39, 0.29) is 6.61 Å². The van der Waals surface area contributed by atoms with E-state index in [0.29, 0.717) is 6.04 Å². The Balaban J connectivity index is 1.61. The van der Waals surface area contributed by atoms with Gasteiger partial charge in [-0.05, 0) is 41.8 Å². The summed E-state index contributed by atoms with van der Waals surface area (Å²) < 4.78 is 0. The van der Waals surface area contributed by atoms with Crippen LogP contribution in [-0.4, -0.2) is 47.2 Å². The van der Waals surface area contributed by atoms with Gasteiger partial charge in [-0.1, -0.05) is 6.07 Å². The van der Waals surface area contributed by atoms with Crippen LogP contribution in [0, 0.1) is 6.92 Å². The fraction of sp³-hybridized carbons (Fsp3) is 0.529. The summed E-state index contributed by atoms with van der Waals surface area (Å²) in [6, 6.07) is 7.00. The zero-order valence-electron chi connectivity index (χ0n) is 13.1. The molecule has 3 rings (SSSR count). The summed E-state index contributed by atoms with van der Waals surface area (Å²) >= 11 is 3.69. The minimum atomic E-state index is 0.275. The smallest absolute Gasteiger partial charge is 0.0446 e. The maximum Gasteiger partial charge on any atom is 0.0446 e. The van der Waals surface area contributed by atoms with Gasteiger partial charge in [-0.25, -0.2) is 0 Å². The lowest BCUT2D eigenvalue weighted by Crippen LogP contribution is -2.52. The molecule has 0 amide bonds. The molecule has 1 aliphatic rings. The van der Waals surface area contributed by atoms with E-state index in [4.69, 9.17) is 0 Å². The summed E-state index contributed by atoms with van der Waals surface area (Å²) in [5.74, 6) is 0. The van der Waals surface area contributed by atoms with Crippen molar-refractivity contribution in [2.24, 2.45) is 0 Å². The number of nitrogens with zero attached hydrogens (tertiary/aromatic N) is 2. The third-order valence-corrected chi connectivity index (χ3v) is 6.29. The second-order valence-corrected chi connectivity index (χ2v) is 8.01. The molecule has 0 unspecified atom stereocenters. The molecule has 3 heterocycles. The van der Waals surface area contributed by atoms with Crippen molar-refractivity contribution >= 4 is 22.7 Å². The molecule has 120 valence electrons. The molecule has 2 aromatic rings. The Hall–Kier alpha value is -0.720. The number of aliphatic hydroxyl groups excluding tert-OH is 1. The molecule has 1 fully saturated rings. The minimum Gasteiger partial charge on any atom is -0.396 e. The van der Waals surface area contributed by atoms with Crippen molar-refractivity contribution < 1.29 is 5.11 Å². The Morgan fingerprint density at radius 1 is 1.18 bits per heavy atom. The number of rotatable bonds is 6. The molecule has 0 radical (unpaired) electrons. The normalized spacial score (nSPS) is 20.5. The zero-order valence-corrected chi connectivity index (χ0v) is 14.7. The SMILES string of the molecule is Cc1ccsc1CN1CCN(Cc2cccs2)[C@H](CCO)C1. The van der Waals surface area contributed by atoms with E-state index in [1.54, 1.807) is 0 Å². The van der Waals surface area contributed by atoms with Crippen LogP contribution in [0.3, 0.4) is 0 Å². The lowest BCUT2D eigenvalue weighted by Gasteiger charge is -2.41. The van der Waals surface area contributed by atoms with Gasteiger partial charge < -0.3 is 5.11 Å². The largest absolute Gasteiger partial charge is 0.396 e. The van der Waals surface area contributed by atoms with Gasteiger partial charge in [0.05, 0.1) is 0 Å². The van der Waals surface area contributed by atoms with Crippen molar-refractivity contribution in [2.75, 3.05) is 26.2 Å². The molecule has 22 heavy (non-hydrogen) atoms. The third-order valence-electron chi connectivity index (χ3n) is 4.43. The molecule has 0 aliphatic carbocycles. The maximum atomic E-state index is 9.41. The molecule has 1 aliphatic heterocycles. The average Bonchev–Trinajstić information content (AvgIpc) is 3.15. The number of aryl methyl sites for hydroxylation is 1. The monoisotopic (exact) mass is 336 g/mol. The van der Waals surface area contributed by atoms with Crippen molar-refractivity contribution in [3.63, 3.8) is 0 Å². The van der Waals surface area contributed by atoms with E-state index < -0.39 is 0 Å². The summed E-state index contributed by atoms with van der Waals surface area (Å²) in [4.78, 5) is 7.99. The molecule has 1 N–H and O–H groups in total. The fourth-order valence-electron chi connectivity index (χ4n) is 3.10. The standard InChI is InChI=1S/C17H24N2OS2/c1-14-5-10-22-17(14)13-18-6-7-19(15(11-18)4-8-20)12-16-3-2-9-21-16/h2-3,5,9-10,15,20H,4,6-8,11-13H2,1H3/t15-/m1/s1. The van der Waals surface area contributed by atoms with Gasteiger partial charge in [0.25, 0.3) is 0 Å². The molecule has 2 aromatic heterocycles. The van der Waals surface area contributed by atoms with Gasteiger partial charge in [-0.3, -0.25) is 9.80 Å². The lowest BCUT2D eigenvalue weighted by molar-refractivity contribution is 0.0510. The summed E-state index contributed by atoms with van der Waals surface area (Å²) in [6.07, 6.45) is 0.866. The summed E-state index contributed by atoms with van der Waals surface area (Å²) in [7, 11) is 0. The highest BCUT2D eigenvalue weighted by molar-refractivity contribution is 7.10. The molecule has 0 spiro atoms. The fourth-order valence-corrected chi connectivity index (χ4v) is 4.78. The maximum absolute atomic E-state index is 9.41. The molecule has 3 nitrogen and oxygen atoms in total. The van der Waals surface area contributed by atoms with Gasteiger partial charge in [-0.15, -0.1) is 22.7 Å². The predicted octanol–water partition coefficient (Wildman–Crippen LogP) is 3.19.